The highest BCUT2D eigenvalue weighted by atomic mass is 32.1. The second-order valence-corrected chi connectivity index (χ2v) is 13.1. The highest BCUT2D eigenvalue weighted by Crippen LogP contribution is 2.50. The fourth-order valence-corrected chi connectivity index (χ4v) is 7.51. The lowest BCUT2D eigenvalue weighted by molar-refractivity contribution is -0.120. The number of hydrogen-bond acceptors (Lipinski definition) is 9. The first-order valence-electron chi connectivity index (χ1n) is 16.0. The van der Waals surface area contributed by atoms with Crippen LogP contribution in [-0.2, 0) is 28.9 Å². The van der Waals surface area contributed by atoms with E-state index in [1.807, 2.05) is 26.0 Å². The summed E-state index contributed by atoms with van der Waals surface area (Å²) in [4.78, 5) is 46.0. The molecule has 2 aromatic carbocycles. The van der Waals surface area contributed by atoms with Crippen molar-refractivity contribution in [1.82, 2.24) is 10.3 Å². The summed E-state index contributed by atoms with van der Waals surface area (Å²) in [5.41, 5.74) is 4.17. The van der Waals surface area contributed by atoms with Gasteiger partial charge in [-0.1, -0.05) is 32.8 Å². The van der Waals surface area contributed by atoms with Gasteiger partial charge in [-0.25, -0.2) is 4.98 Å². The Balaban J connectivity index is 1.57. The molecular weight excluding hydrogens is 604 g/mol. The van der Waals surface area contributed by atoms with Gasteiger partial charge in [0.25, 0.3) is 0 Å². The molecule has 46 heavy (non-hydrogen) atoms. The number of carbonyl (C=O) groups excluding carboxylic acids is 2. The molecule has 3 N–H and O–H groups in total. The van der Waals surface area contributed by atoms with E-state index in [-0.39, 0.29) is 28.8 Å². The number of anilines is 2. The molecule has 2 amide bonds. The summed E-state index contributed by atoms with van der Waals surface area (Å²) in [6.45, 7) is 5.48. The number of nitrogens with zero attached hydrogens (tertiary/aromatic N) is 1. The van der Waals surface area contributed by atoms with E-state index in [4.69, 9.17) is 19.2 Å². The number of fused-ring (bicyclic) bond motifs is 4. The van der Waals surface area contributed by atoms with Gasteiger partial charge in [0.15, 0.2) is 16.6 Å². The van der Waals surface area contributed by atoms with Crippen molar-refractivity contribution in [2.45, 2.75) is 84.2 Å². The molecule has 3 atom stereocenters. The molecule has 0 aliphatic heterocycles. The molecule has 0 radical (unpaired) electrons. The average Bonchev–Trinajstić information content (AvgIpc) is 3.14. The molecule has 5 rings (SSSR count). The van der Waals surface area contributed by atoms with Gasteiger partial charge < -0.3 is 30.2 Å². The van der Waals surface area contributed by atoms with E-state index in [0.29, 0.717) is 40.8 Å². The number of amides is 2. The predicted octanol–water partition coefficient (Wildman–Crippen LogP) is 6.05. The van der Waals surface area contributed by atoms with Gasteiger partial charge in [-0.05, 0) is 79.3 Å². The summed E-state index contributed by atoms with van der Waals surface area (Å²) < 4.78 is 17.2. The lowest BCUT2D eigenvalue weighted by Gasteiger charge is -2.23. The quantitative estimate of drug-likeness (QED) is 0.227. The highest BCUT2D eigenvalue weighted by molar-refractivity contribution is 7.15. The molecule has 0 fully saturated rings. The summed E-state index contributed by atoms with van der Waals surface area (Å²) in [6, 6.07) is 5.95. The van der Waals surface area contributed by atoms with Crippen LogP contribution in [-0.4, -0.2) is 44.2 Å². The van der Waals surface area contributed by atoms with Crippen LogP contribution in [0, 0.1) is 5.92 Å². The molecule has 3 aromatic rings. The van der Waals surface area contributed by atoms with Crippen LogP contribution in [0.5, 0.6) is 17.2 Å². The molecule has 0 bridgehead atoms. The normalized spacial score (nSPS) is 16.7. The first-order valence-corrected chi connectivity index (χ1v) is 16.8. The van der Waals surface area contributed by atoms with Crippen LogP contribution in [0.1, 0.15) is 80.6 Å². The van der Waals surface area contributed by atoms with Crippen LogP contribution < -0.4 is 35.6 Å². The Morgan fingerprint density at radius 3 is 2.48 bits per heavy atom. The largest absolute Gasteiger partial charge is 0.493 e. The van der Waals surface area contributed by atoms with Gasteiger partial charge in [0.05, 0.1) is 38.8 Å². The molecule has 2 aliphatic carbocycles. The maximum Gasteiger partial charge on any atom is 0.248 e. The number of benzene rings is 1. The number of nitrogens with one attached hydrogen (secondary N) is 3. The minimum Gasteiger partial charge on any atom is -0.493 e. The third kappa shape index (κ3) is 6.84. The van der Waals surface area contributed by atoms with E-state index in [1.54, 1.807) is 44.8 Å². The molecular formula is C35H44N4O6S. The van der Waals surface area contributed by atoms with Crippen LogP contribution >= 0.6 is 11.3 Å². The molecule has 246 valence electrons. The lowest BCUT2D eigenvalue weighted by Crippen LogP contribution is -2.40. The molecule has 10 nitrogen and oxygen atoms in total. The van der Waals surface area contributed by atoms with Gasteiger partial charge in [0.1, 0.15) is 6.04 Å². The standard InChI is InChI=1S/C35H44N4O6S/c1-7-19(2)31(34(42)39-35-38-26-11-9-8-10-12-29(26)46-35)37-25-16-14-22-23(18-27(25)41)24(36-20(3)40)15-13-21-17-28(43-4)32(44-5)33(45-6)30(21)22/h14,16-19,24,31H,7-13,15H2,1-6H3,(H,36,40)(H,37,41)(H,38,39,42)/t19-,24-,31+/m0/s1. The Kier molecular flexibility index (Phi) is 10.5. The number of aromatic nitrogens is 1. The van der Waals surface area contributed by atoms with Crippen molar-refractivity contribution in [1.29, 1.82) is 0 Å². The Morgan fingerprint density at radius 1 is 1.02 bits per heavy atom. The van der Waals surface area contributed by atoms with Gasteiger partial charge in [-0.15, -0.1) is 11.3 Å². The lowest BCUT2D eigenvalue weighted by atomic mass is 9.95. The topological polar surface area (TPSA) is 128 Å². The van der Waals surface area contributed by atoms with E-state index >= 15 is 0 Å². The van der Waals surface area contributed by atoms with E-state index in [0.717, 1.165) is 54.5 Å². The number of carbonyl (C=O) groups is 2. The Hall–Kier alpha value is -4.12. The van der Waals surface area contributed by atoms with E-state index < -0.39 is 12.1 Å². The Bertz CT molecular complexity index is 1650. The molecule has 0 unspecified atom stereocenters. The van der Waals surface area contributed by atoms with Crippen molar-refractivity contribution in [3.05, 3.63) is 56.2 Å². The molecule has 0 saturated heterocycles. The summed E-state index contributed by atoms with van der Waals surface area (Å²) in [6.07, 6.45) is 7.26. The zero-order valence-corrected chi connectivity index (χ0v) is 28.3. The van der Waals surface area contributed by atoms with Crippen LogP contribution in [0.15, 0.2) is 29.1 Å². The van der Waals surface area contributed by atoms with Crippen molar-refractivity contribution >= 4 is 34.0 Å². The molecule has 11 heteroatoms. The summed E-state index contributed by atoms with van der Waals surface area (Å²) in [5.74, 6) is 0.940. The van der Waals surface area contributed by atoms with Gasteiger partial charge >= 0.3 is 0 Å². The molecule has 0 spiro atoms. The third-order valence-corrected chi connectivity index (χ3v) is 10.1. The second kappa shape index (κ2) is 14.5. The van der Waals surface area contributed by atoms with Crippen LogP contribution in [0.25, 0.3) is 11.1 Å². The molecule has 0 saturated carbocycles. The molecule has 1 aromatic heterocycles. The second-order valence-electron chi connectivity index (χ2n) is 12.0. The molecule has 2 aliphatic rings. The van der Waals surface area contributed by atoms with Gasteiger partial charge in [0.2, 0.25) is 23.0 Å². The minimum atomic E-state index is -0.680. The Morgan fingerprint density at radius 2 is 1.78 bits per heavy atom. The number of hydrogen-bond donors (Lipinski definition) is 3. The average molecular weight is 649 g/mol. The number of aryl methyl sites for hydroxylation is 3. The maximum atomic E-state index is 13.9. The van der Waals surface area contributed by atoms with E-state index in [1.165, 1.54) is 18.2 Å². The maximum absolute atomic E-state index is 13.9. The number of rotatable bonds is 10. The SMILES string of the molecule is CC[C@H](C)[C@@H](Nc1ccc2c(cc1=O)[C@@H](NC(C)=O)CCc1cc(OC)c(OC)c(OC)c1-2)C(=O)Nc1nc2c(s1)CCCCC2. The first kappa shape index (κ1) is 33.2. The van der Waals surface area contributed by atoms with E-state index in [9.17, 15) is 14.4 Å². The van der Waals surface area contributed by atoms with Crippen molar-refractivity contribution in [2.24, 2.45) is 5.92 Å². The van der Waals surface area contributed by atoms with Crippen LogP contribution in [0.3, 0.4) is 0 Å². The third-order valence-electron chi connectivity index (χ3n) is 9.05. The minimum absolute atomic E-state index is 0.0785. The van der Waals surface area contributed by atoms with Gasteiger partial charge in [-0.3, -0.25) is 14.4 Å². The zero-order chi connectivity index (χ0) is 33.0. The van der Waals surface area contributed by atoms with Crippen molar-refractivity contribution < 1.29 is 23.8 Å². The predicted molar refractivity (Wildman–Crippen MR) is 182 cm³/mol. The van der Waals surface area contributed by atoms with E-state index in [2.05, 4.69) is 16.0 Å². The Labute approximate surface area is 274 Å². The number of methoxy groups -OCH3 is 3. The monoisotopic (exact) mass is 648 g/mol. The van der Waals surface area contributed by atoms with Gasteiger partial charge in [0, 0.05) is 17.4 Å². The fraction of sp³-hybridized carbons (Fsp3) is 0.486. The zero-order valence-electron chi connectivity index (χ0n) is 27.5. The van der Waals surface area contributed by atoms with Crippen LogP contribution in [0.4, 0.5) is 10.8 Å². The summed E-state index contributed by atoms with van der Waals surface area (Å²) in [5, 5.41) is 9.96. The van der Waals surface area contributed by atoms with Crippen molar-refractivity contribution in [3.8, 4) is 28.4 Å². The summed E-state index contributed by atoms with van der Waals surface area (Å²) >= 11 is 1.55. The van der Waals surface area contributed by atoms with Crippen LogP contribution in [0.2, 0.25) is 0 Å². The van der Waals surface area contributed by atoms with Crippen molar-refractivity contribution in [2.75, 3.05) is 32.0 Å². The highest BCUT2D eigenvalue weighted by Gasteiger charge is 2.31. The first-order chi connectivity index (χ1) is 22.2. The smallest absolute Gasteiger partial charge is 0.248 e. The number of ether oxygens (including phenoxy) is 3. The molecule has 1 heterocycles. The number of thiazole rings is 1. The van der Waals surface area contributed by atoms with Crippen molar-refractivity contribution in [3.63, 3.8) is 0 Å². The fourth-order valence-electron chi connectivity index (χ4n) is 6.46. The summed E-state index contributed by atoms with van der Waals surface area (Å²) in [7, 11) is 4.69. The van der Waals surface area contributed by atoms with Gasteiger partial charge in [-0.2, -0.15) is 0 Å².